The number of nitrogens with zero attached hydrogens (tertiary/aromatic N) is 1. The van der Waals surface area contributed by atoms with E-state index >= 15 is 0 Å². The van der Waals surface area contributed by atoms with Gasteiger partial charge < -0.3 is 0 Å². The molecule has 0 N–H and O–H groups in total. The standard InChI is InChI=1S/C10H15NO2/c1-6(12)10-7-3-4-9(13)8(7)5-11(10)2/h7-8,10H,3-5H2,1-2H3. The minimum atomic E-state index is 0.0106. The fourth-order valence-electron chi connectivity index (χ4n) is 2.91. The molecule has 1 heterocycles. The molecule has 0 radical (unpaired) electrons. The molecule has 13 heavy (non-hydrogen) atoms. The zero-order valence-corrected chi connectivity index (χ0v) is 8.12. The molecule has 3 nitrogen and oxygen atoms in total. The molecule has 0 amide bonds. The van der Waals surface area contributed by atoms with Crippen LogP contribution in [0.4, 0.5) is 0 Å². The summed E-state index contributed by atoms with van der Waals surface area (Å²) in [4.78, 5) is 24.8. The summed E-state index contributed by atoms with van der Waals surface area (Å²) in [5.74, 6) is 1.04. The number of hydrogen-bond donors (Lipinski definition) is 0. The molecule has 0 spiro atoms. The van der Waals surface area contributed by atoms with Crippen molar-refractivity contribution in [2.75, 3.05) is 13.6 Å². The second-order valence-corrected chi connectivity index (χ2v) is 4.27. The Kier molecular flexibility index (Phi) is 1.99. The average Bonchev–Trinajstić information content (AvgIpc) is 2.51. The van der Waals surface area contributed by atoms with E-state index in [-0.39, 0.29) is 17.7 Å². The fourth-order valence-corrected chi connectivity index (χ4v) is 2.91. The quantitative estimate of drug-likeness (QED) is 0.590. The average molecular weight is 181 g/mol. The van der Waals surface area contributed by atoms with Crippen molar-refractivity contribution in [3.8, 4) is 0 Å². The SMILES string of the molecule is CC(=O)C1C2CCC(=O)C2CN1C. The summed E-state index contributed by atoms with van der Waals surface area (Å²) in [5, 5.41) is 0. The van der Waals surface area contributed by atoms with Gasteiger partial charge in [-0.25, -0.2) is 0 Å². The first kappa shape index (κ1) is 8.88. The van der Waals surface area contributed by atoms with Gasteiger partial charge in [-0.05, 0) is 26.3 Å². The molecule has 1 aliphatic carbocycles. The molecule has 2 aliphatic rings. The molecule has 3 heteroatoms. The van der Waals surface area contributed by atoms with Crippen molar-refractivity contribution in [2.45, 2.75) is 25.8 Å². The van der Waals surface area contributed by atoms with E-state index in [9.17, 15) is 9.59 Å². The maximum Gasteiger partial charge on any atom is 0.147 e. The predicted molar refractivity (Wildman–Crippen MR) is 48.3 cm³/mol. The highest BCUT2D eigenvalue weighted by molar-refractivity contribution is 5.89. The highest BCUT2D eigenvalue weighted by atomic mass is 16.1. The van der Waals surface area contributed by atoms with Crippen LogP contribution in [0.5, 0.6) is 0 Å². The summed E-state index contributed by atoms with van der Waals surface area (Å²) < 4.78 is 0. The van der Waals surface area contributed by atoms with E-state index in [2.05, 4.69) is 0 Å². The Morgan fingerprint density at radius 2 is 2.23 bits per heavy atom. The van der Waals surface area contributed by atoms with Crippen LogP contribution < -0.4 is 0 Å². The summed E-state index contributed by atoms with van der Waals surface area (Å²) in [5.41, 5.74) is 0. The third kappa shape index (κ3) is 1.22. The first-order valence-corrected chi connectivity index (χ1v) is 4.84. The topological polar surface area (TPSA) is 37.4 Å². The van der Waals surface area contributed by atoms with E-state index in [1.54, 1.807) is 6.92 Å². The van der Waals surface area contributed by atoms with Gasteiger partial charge in [-0.15, -0.1) is 0 Å². The monoisotopic (exact) mass is 181 g/mol. The van der Waals surface area contributed by atoms with Gasteiger partial charge in [-0.1, -0.05) is 0 Å². The Morgan fingerprint density at radius 1 is 1.54 bits per heavy atom. The molecular formula is C10H15NO2. The highest BCUT2D eigenvalue weighted by Gasteiger charge is 2.48. The first-order valence-electron chi connectivity index (χ1n) is 4.84. The summed E-state index contributed by atoms with van der Waals surface area (Å²) in [6.45, 7) is 2.42. The molecule has 72 valence electrons. The molecule has 0 aromatic carbocycles. The van der Waals surface area contributed by atoms with Crippen molar-refractivity contribution in [3.63, 3.8) is 0 Å². The molecule has 1 aliphatic heterocycles. The molecule has 2 fully saturated rings. The third-order valence-electron chi connectivity index (χ3n) is 3.44. The van der Waals surface area contributed by atoms with Gasteiger partial charge in [0.1, 0.15) is 11.6 Å². The summed E-state index contributed by atoms with van der Waals surface area (Å²) >= 11 is 0. The zero-order chi connectivity index (χ0) is 9.59. The van der Waals surface area contributed by atoms with Gasteiger partial charge in [0.15, 0.2) is 0 Å². The number of likely N-dealkylation sites (tertiary alicyclic amines) is 1. The normalized spacial score (nSPS) is 39.5. The predicted octanol–water partition coefficient (Wildman–Crippen LogP) is 0.485. The van der Waals surface area contributed by atoms with Gasteiger partial charge in [0, 0.05) is 18.9 Å². The second-order valence-electron chi connectivity index (χ2n) is 4.27. The van der Waals surface area contributed by atoms with Crippen molar-refractivity contribution in [3.05, 3.63) is 0 Å². The van der Waals surface area contributed by atoms with Crippen molar-refractivity contribution in [1.29, 1.82) is 0 Å². The van der Waals surface area contributed by atoms with E-state index in [0.717, 1.165) is 13.0 Å². The van der Waals surface area contributed by atoms with Crippen LogP contribution in [0.25, 0.3) is 0 Å². The minimum absolute atomic E-state index is 0.0106. The number of fused-ring (bicyclic) bond motifs is 1. The molecule has 1 saturated heterocycles. The summed E-state index contributed by atoms with van der Waals surface area (Å²) in [7, 11) is 1.94. The van der Waals surface area contributed by atoms with Crippen LogP contribution in [0, 0.1) is 11.8 Å². The van der Waals surface area contributed by atoms with E-state index < -0.39 is 0 Å². The lowest BCUT2D eigenvalue weighted by atomic mass is 9.92. The summed E-state index contributed by atoms with van der Waals surface area (Å²) in [6, 6.07) is 0.0106. The number of Topliss-reactive ketones (excluding diaryl/α,β-unsaturated/α-hetero) is 2. The van der Waals surface area contributed by atoms with E-state index in [1.165, 1.54) is 0 Å². The van der Waals surface area contributed by atoms with Crippen LogP contribution >= 0.6 is 0 Å². The number of rotatable bonds is 1. The first-order chi connectivity index (χ1) is 6.11. The fraction of sp³-hybridized carbons (Fsp3) is 0.800. The number of carbonyl (C=O) groups is 2. The van der Waals surface area contributed by atoms with Crippen LogP contribution in [0.3, 0.4) is 0 Å². The van der Waals surface area contributed by atoms with Crippen LogP contribution in [0.1, 0.15) is 19.8 Å². The van der Waals surface area contributed by atoms with Crippen molar-refractivity contribution >= 4 is 11.6 Å². The van der Waals surface area contributed by atoms with E-state index in [1.807, 2.05) is 11.9 Å². The molecule has 2 rings (SSSR count). The lowest BCUT2D eigenvalue weighted by Gasteiger charge is -2.20. The van der Waals surface area contributed by atoms with Crippen LogP contribution in [-0.4, -0.2) is 36.1 Å². The number of carbonyl (C=O) groups excluding carboxylic acids is 2. The molecule has 0 aromatic heterocycles. The smallest absolute Gasteiger partial charge is 0.147 e. The highest BCUT2D eigenvalue weighted by Crippen LogP contribution is 2.39. The minimum Gasteiger partial charge on any atom is -0.299 e. The maximum absolute atomic E-state index is 11.4. The number of hydrogen-bond acceptors (Lipinski definition) is 3. The Bertz CT molecular complexity index is 262. The molecule has 0 bridgehead atoms. The van der Waals surface area contributed by atoms with Crippen molar-refractivity contribution in [2.24, 2.45) is 11.8 Å². The molecule has 3 unspecified atom stereocenters. The number of ketones is 2. The molecule has 3 atom stereocenters. The summed E-state index contributed by atoms with van der Waals surface area (Å²) in [6.07, 6.45) is 1.60. The Morgan fingerprint density at radius 3 is 2.85 bits per heavy atom. The van der Waals surface area contributed by atoms with Gasteiger partial charge in [0.05, 0.1) is 6.04 Å². The van der Waals surface area contributed by atoms with E-state index in [4.69, 9.17) is 0 Å². The Labute approximate surface area is 78.1 Å². The van der Waals surface area contributed by atoms with Gasteiger partial charge in [0.2, 0.25) is 0 Å². The Balaban J connectivity index is 2.22. The third-order valence-corrected chi connectivity index (χ3v) is 3.44. The van der Waals surface area contributed by atoms with Crippen LogP contribution in [0.15, 0.2) is 0 Å². The zero-order valence-electron chi connectivity index (χ0n) is 8.12. The molecule has 1 saturated carbocycles. The van der Waals surface area contributed by atoms with Gasteiger partial charge in [-0.3, -0.25) is 14.5 Å². The van der Waals surface area contributed by atoms with E-state index in [0.29, 0.717) is 18.1 Å². The lowest BCUT2D eigenvalue weighted by molar-refractivity contribution is -0.122. The van der Waals surface area contributed by atoms with Gasteiger partial charge >= 0.3 is 0 Å². The van der Waals surface area contributed by atoms with Gasteiger partial charge in [-0.2, -0.15) is 0 Å². The Hall–Kier alpha value is -0.700. The van der Waals surface area contributed by atoms with Gasteiger partial charge in [0.25, 0.3) is 0 Å². The lowest BCUT2D eigenvalue weighted by Crippen LogP contribution is -2.35. The van der Waals surface area contributed by atoms with Crippen LogP contribution in [0.2, 0.25) is 0 Å². The molecule has 0 aromatic rings. The second kappa shape index (κ2) is 2.91. The molecular weight excluding hydrogens is 166 g/mol. The number of likely N-dealkylation sites (N-methyl/N-ethyl adjacent to an activating group) is 1. The van der Waals surface area contributed by atoms with Crippen molar-refractivity contribution in [1.82, 2.24) is 4.90 Å². The maximum atomic E-state index is 11.4. The van der Waals surface area contributed by atoms with Crippen LogP contribution in [-0.2, 0) is 9.59 Å². The van der Waals surface area contributed by atoms with Crippen molar-refractivity contribution < 1.29 is 9.59 Å². The largest absolute Gasteiger partial charge is 0.299 e.